The fourth-order valence-electron chi connectivity index (χ4n) is 2.65. The minimum atomic E-state index is -0.616. The van der Waals surface area contributed by atoms with Crippen LogP contribution in [-0.4, -0.2) is 52.9 Å². The lowest BCUT2D eigenvalue weighted by Crippen LogP contribution is -2.52. The zero-order valence-corrected chi connectivity index (χ0v) is 15.4. The molecule has 1 aliphatic heterocycles. The quantitative estimate of drug-likeness (QED) is 0.773. The minimum absolute atomic E-state index is 0.462. The van der Waals surface area contributed by atoms with Gasteiger partial charge in [-0.05, 0) is 36.8 Å². The van der Waals surface area contributed by atoms with Gasteiger partial charge in [-0.15, -0.1) is 0 Å². The zero-order chi connectivity index (χ0) is 17.8. The van der Waals surface area contributed by atoms with E-state index in [-0.39, 0.29) is 0 Å². The molecule has 2 aromatic rings. The third-order valence-electron chi connectivity index (χ3n) is 4.03. The first-order valence-corrected chi connectivity index (χ1v) is 8.72. The number of piperazine rings is 1. The molecule has 3 rings (SSSR count). The molecule has 1 aromatic heterocycles. The van der Waals surface area contributed by atoms with Crippen LogP contribution in [-0.2, 0) is 9.59 Å². The van der Waals surface area contributed by atoms with Crippen molar-refractivity contribution in [1.82, 2.24) is 14.9 Å². The molecule has 0 unspecified atom stereocenters. The Balaban J connectivity index is 1.57. The molecular formula is C17H18BrN5O2. The van der Waals surface area contributed by atoms with Gasteiger partial charge in [-0.1, -0.05) is 15.9 Å². The maximum absolute atomic E-state index is 12.4. The molecule has 0 radical (unpaired) electrons. The van der Waals surface area contributed by atoms with Crippen LogP contribution in [0.2, 0.25) is 0 Å². The van der Waals surface area contributed by atoms with Gasteiger partial charge in [0.05, 0.1) is 0 Å². The standard InChI is InChI=1S/C17H18BrN5O2/c1-12-11-13(18)3-4-14(12)21-15(24)16(25)22-7-9-23(10-8-22)17-19-5-2-6-20-17/h2-6,11H,7-10H2,1H3,(H,21,24). The molecule has 8 heteroatoms. The third kappa shape index (κ3) is 4.14. The highest BCUT2D eigenvalue weighted by molar-refractivity contribution is 9.10. The molecule has 0 atom stereocenters. The normalized spacial score (nSPS) is 14.3. The summed E-state index contributed by atoms with van der Waals surface area (Å²) in [6.07, 6.45) is 3.38. The van der Waals surface area contributed by atoms with Crippen LogP contribution in [0.3, 0.4) is 0 Å². The molecule has 0 spiro atoms. The number of carbonyl (C=O) groups is 2. The Morgan fingerprint density at radius 3 is 2.44 bits per heavy atom. The van der Waals surface area contributed by atoms with Gasteiger partial charge in [-0.3, -0.25) is 9.59 Å². The van der Waals surface area contributed by atoms with E-state index in [2.05, 4.69) is 31.2 Å². The van der Waals surface area contributed by atoms with Gasteiger partial charge in [-0.25, -0.2) is 9.97 Å². The van der Waals surface area contributed by atoms with Gasteiger partial charge in [0.1, 0.15) is 0 Å². The third-order valence-corrected chi connectivity index (χ3v) is 4.53. The highest BCUT2D eigenvalue weighted by Crippen LogP contribution is 2.20. The van der Waals surface area contributed by atoms with Crippen LogP contribution in [0.5, 0.6) is 0 Å². The highest BCUT2D eigenvalue weighted by atomic mass is 79.9. The molecule has 1 saturated heterocycles. The second-order valence-corrected chi connectivity index (χ2v) is 6.66. The Hall–Kier alpha value is -2.48. The van der Waals surface area contributed by atoms with Crippen molar-refractivity contribution >= 4 is 39.4 Å². The molecule has 0 bridgehead atoms. The predicted octanol–water partition coefficient (Wildman–Crippen LogP) is 1.83. The molecular weight excluding hydrogens is 386 g/mol. The Labute approximate surface area is 154 Å². The summed E-state index contributed by atoms with van der Waals surface area (Å²) in [5.74, 6) is -0.490. The van der Waals surface area contributed by atoms with E-state index in [0.29, 0.717) is 37.8 Å². The van der Waals surface area contributed by atoms with E-state index in [1.165, 1.54) is 0 Å². The van der Waals surface area contributed by atoms with Crippen LogP contribution in [0.25, 0.3) is 0 Å². The number of anilines is 2. The summed E-state index contributed by atoms with van der Waals surface area (Å²) < 4.78 is 0.925. The number of aryl methyl sites for hydroxylation is 1. The average molecular weight is 404 g/mol. The van der Waals surface area contributed by atoms with Gasteiger partial charge in [0.25, 0.3) is 0 Å². The van der Waals surface area contributed by atoms with Crippen LogP contribution in [0.15, 0.2) is 41.1 Å². The van der Waals surface area contributed by atoms with E-state index in [9.17, 15) is 9.59 Å². The van der Waals surface area contributed by atoms with Gasteiger partial charge in [0.2, 0.25) is 5.95 Å². The minimum Gasteiger partial charge on any atom is -0.337 e. The van der Waals surface area contributed by atoms with Crippen molar-refractivity contribution < 1.29 is 9.59 Å². The van der Waals surface area contributed by atoms with Crippen LogP contribution in [0.1, 0.15) is 5.56 Å². The van der Waals surface area contributed by atoms with Crippen molar-refractivity contribution in [2.75, 3.05) is 36.4 Å². The van der Waals surface area contributed by atoms with Crippen LogP contribution in [0, 0.1) is 6.92 Å². The molecule has 2 amide bonds. The molecule has 25 heavy (non-hydrogen) atoms. The number of benzene rings is 1. The van der Waals surface area contributed by atoms with E-state index in [0.717, 1.165) is 10.0 Å². The fraction of sp³-hybridized carbons (Fsp3) is 0.294. The maximum Gasteiger partial charge on any atom is 0.313 e. The topological polar surface area (TPSA) is 78.4 Å². The number of carbonyl (C=O) groups excluding carboxylic acids is 2. The Morgan fingerprint density at radius 2 is 1.80 bits per heavy atom. The monoisotopic (exact) mass is 403 g/mol. The first kappa shape index (κ1) is 17.3. The Bertz CT molecular complexity index is 776. The van der Waals surface area contributed by atoms with Gasteiger partial charge >= 0.3 is 11.8 Å². The van der Waals surface area contributed by atoms with Gasteiger partial charge in [0, 0.05) is 48.7 Å². The fourth-order valence-corrected chi connectivity index (χ4v) is 3.13. The molecule has 0 aliphatic carbocycles. The van der Waals surface area contributed by atoms with Crippen molar-refractivity contribution in [2.45, 2.75) is 6.92 Å². The molecule has 1 fully saturated rings. The highest BCUT2D eigenvalue weighted by Gasteiger charge is 2.27. The largest absolute Gasteiger partial charge is 0.337 e. The number of hydrogen-bond acceptors (Lipinski definition) is 5. The number of nitrogens with zero attached hydrogens (tertiary/aromatic N) is 4. The maximum atomic E-state index is 12.4. The lowest BCUT2D eigenvalue weighted by atomic mass is 10.2. The van der Waals surface area contributed by atoms with Crippen molar-refractivity contribution in [3.63, 3.8) is 0 Å². The summed E-state index contributed by atoms with van der Waals surface area (Å²) in [5.41, 5.74) is 1.53. The molecule has 0 saturated carbocycles. The van der Waals surface area contributed by atoms with Gasteiger partial charge < -0.3 is 15.1 Å². The van der Waals surface area contributed by atoms with Crippen molar-refractivity contribution in [3.8, 4) is 0 Å². The van der Waals surface area contributed by atoms with Crippen molar-refractivity contribution in [1.29, 1.82) is 0 Å². The van der Waals surface area contributed by atoms with E-state index in [4.69, 9.17) is 0 Å². The molecule has 1 aromatic carbocycles. The zero-order valence-electron chi connectivity index (χ0n) is 13.8. The molecule has 2 heterocycles. The van der Waals surface area contributed by atoms with E-state index in [1.54, 1.807) is 29.4 Å². The number of amides is 2. The van der Waals surface area contributed by atoms with Gasteiger partial charge in [-0.2, -0.15) is 0 Å². The summed E-state index contributed by atoms with van der Waals surface area (Å²) in [4.78, 5) is 36.6. The number of nitrogens with one attached hydrogen (secondary N) is 1. The second-order valence-electron chi connectivity index (χ2n) is 5.74. The number of hydrogen-bond donors (Lipinski definition) is 1. The lowest BCUT2D eigenvalue weighted by molar-refractivity contribution is -0.143. The Morgan fingerprint density at radius 1 is 1.12 bits per heavy atom. The summed E-state index contributed by atoms with van der Waals surface area (Å²) in [5, 5.41) is 2.69. The smallest absolute Gasteiger partial charge is 0.313 e. The Kier molecular flexibility index (Phi) is 5.28. The van der Waals surface area contributed by atoms with Crippen molar-refractivity contribution in [2.24, 2.45) is 0 Å². The summed E-state index contributed by atoms with van der Waals surface area (Å²) in [6, 6.07) is 7.25. The van der Waals surface area contributed by atoms with Crippen LogP contribution >= 0.6 is 15.9 Å². The first-order valence-electron chi connectivity index (χ1n) is 7.93. The van der Waals surface area contributed by atoms with E-state index >= 15 is 0 Å². The molecule has 1 N–H and O–H groups in total. The van der Waals surface area contributed by atoms with Gasteiger partial charge in [0.15, 0.2) is 0 Å². The average Bonchev–Trinajstić information content (AvgIpc) is 2.64. The molecule has 1 aliphatic rings. The second kappa shape index (κ2) is 7.60. The summed E-state index contributed by atoms with van der Waals surface area (Å²) >= 11 is 3.38. The summed E-state index contributed by atoms with van der Waals surface area (Å²) in [6.45, 7) is 4.00. The van der Waals surface area contributed by atoms with Crippen LogP contribution in [0.4, 0.5) is 11.6 Å². The predicted molar refractivity (Wildman–Crippen MR) is 98.3 cm³/mol. The van der Waals surface area contributed by atoms with Crippen LogP contribution < -0.4 is 10.2 Å². The van der Waals surface area contributed by atoms with E-state index in [1.807, 2.05) is 24.0 Å². The molecule has 7 nitrogen and oxygen atoms in total. The number of halogens is 1. The molecule has 130 valence electrons. The number of rotatable bonds is 2. The first-order chi connectivity index (χ1) is 12.0. The summed E-state index contributed by atoms with van der Waals surface area (Å²) in [7, 11) is 0. The van der Waals surface area contributed by atoms with E-state index < -0.39 is 11.8 Å². The SMILES string of the molecule is Cc1cc(Br)ccc1NC(=O)C(=O)N1CCN(c2ncccn2)CC1. The lowest BCUT2D eigenvalue weighted by Gasteiger charge is -2.34. The van der Waals surface area contributed by atoms with Crippen molar-refractivity contribution in [3.05, 3.63) is 46.7 Å². The number of aromatic nitrogens is 2.